The monoisotopic (exact) mass is 323 g/mol. The van der Waals surface area contributed by atoms with E-state index in [2.05, 4.69) is 5.32 Å². The molecule has 0 aromatic heterocycles. The number of rotatable bonds is 9. The van der Waals surface area contributed by atoms with E-state index in [1.165, 1.54) is 0 Å². The number of hydrogen-bond acceptors (Lipinski definition) is 5. The summed E-state index contributed by atoms with van der Waals surface area (Å²) in [6.45, 7) is 4.10. The molecule has 0 heterocycles. The van der Waals surface area contributed by atoms with E-state index < -0.39 is 12.1 Å². The lowest BCUT2D eigenvalue weighted by Crippen LogP contribution is -2.36. The van der Waals surface area contributed by atoms with Crippen LogP contribution in [0.15, 0.2) is 18.2 Å². The van der Waals surface area contributed by atoms with Gasteiger partial charge < -0.3 is 19.5 Å². The van der Waals surface area contributed by atoms with Crippen molar-refractivity contribution in [3.8, 4) is 11.5 Å². The number of nitrogens with one attached hydrogen (secondary N) is 1. The Hall–Kier alpha value is -2.24. The molecule has 0 aliphatic carbocycles. The predicted octanol–water partition coefficient (Wildman–Crippen LogP) is 2.09. The molecule has 6 heteroatoms. The van der Waals surface area contributed by atoms with Gasteiger partial charge in [-0.2, -0.15) is 0 Å². The molecule has 0 spiro atoms. The molecule has 1 amide bonds. The molecular formula is C17H25NO5. The van der Waals surface area contributed by atoms with Gasteiger partial charge in [-0.3, -0.25) is 9.59 Å². The summed E-state index contributed by atoms with van der Waals surface area (Å²) in [6, 6.07) is 5.48. The fourth-order valence-electron chi connectivity index (χ4n) is 1.98. The molecule has 128 valence electrons. The van der Waals surface area contributed by atoms with Crippen LogP contribution in [0.25, 0.3) is 0 Å². The van der Waals surface area contributed by atoms with Gasteiger partial charge in [0.25, 0.3) is 5.91 Å². The molecule has 1 N–H and O–H groups in total. The summed E-state index contributed by atoms with van der Waals surface area (Å²) in [5.74, 6) is 0.580. The first-order valence-electron chi connectivity index (χ1n) is 7.69. The van der Waals surface area contributed by atoms with E-state index in [0.29, 0.717) is 24.5 Å². The molecule has 0 aliphatic rings. The van der Waals surface area contributed by atoms with E-state index in [-0.39, 0.29) is 12.3 Å². The van der Waals surface area contributed by atoms with Gasteiger partial charge in [-0.05, 0) is 37.5 Å². The first-order chi connectivity index (χ1) is 11.0. The van der Waals surface area contributed by atoms with Crippen molar-refractivity contribution >= 4 is 11.9 Å². The zero-order valence-corrected chi connectivity index (χ0v) is 14.2. The van der Waals surface area contributed by atoms with E-state index in [4.69, 9.17) is 14.2 Å². The zero-order valence-electron chi connectivity index (χ0n) is 14.2. The van der Waals surface area contributed by atoms with Crippen LogP contribution in [-0.2, 0) is 20.7 Å². The quantitative estimate of drug-likeness (QED) is 0.705. The number of methoxy groups -OCH3 is 2. The average Bonchev–Trinajstić information content (AvgIpc) is 2.57. The summed E-state index contributed by atoms with van der Waals surface area (Å²) in [5, 5.41) is 2.69. The number of carbonyl (C=O) groups is 2. The lowest BCUT2D eigenvalue weighted by Gasteiger charge is -2.13. The molecule has 1 aromatic carbocycles. The smallest absolute Gasteiger partial charge is 0.306 e. The molecule has 1 aromatic rings. The minimum Gasteiger partial charge on any atom is -0.493 e. The van der Waals surface area contributed by atoms with Gasteiger partial charge in [0.05, 0.1) is 14.2 Å². The van der Waals surface area contributed by atoms with Crippen molar-refractivity contribution < 1.29 is 23.8 Å². The van der Waals surface area contributed by atoms with Crippen molar-refractivity contribution in [1.82, 2.24) is 5.32 Å². The first kappa shape index (κ1) is 18.8. The lowest BCUT2D eigenvalue weighted by molar-refractivity contribution is -0.154. The molecule has 0 saturated heterocycles. The molecule has 0 bridgehead atoms. The number of benzene rings is 1. The van der Waals surface area contributed by atoms with E-state index >= 15 is 0 Å². The van der Waals surface area contributed by atoms with Crippen LogP contribution < -0.4 is 14.8 Å². The molecular weight excluding hydrogens is 298 g/mol. The highest BCUT2D eigenvalue weighted by atomic mass is 16.5. The van der Waals surface area contributed by atoms with Crippen molar-refractivity contribution in [3.63, 3.8) is 0 Å². The number of ether oxygens (including phenoxy) is 3. The van der Waals surface area contributed by atoms with Crippen LogP contribution in [-0.4, -0.2) is 38.7 Å². The number of amides is 1. The zero-order chi connectivity index (χ0) is 17.2. The SMILES string of the molecule is CCCNC(=O)C(C)OC(=O)CCc1ccc(OC)c(OC)c1. The molecule has 6 nitrogen and oxygen atoms in total. The molecule has 0 fully saturated rings. The lowest BCUT2D eigenvalue weighted by atomic mass is 10.1. The number of hydrogen-bond donors (Lipinski definition) is 1. The van der Waals surface area contributed by atoms with E-state index in [1.807, 2.05) is 19.1 Å². The topological polar surface area (TPSA) is 73.9 Å². The molecule has 1 unspecified atom stereocenters. The van der Waals surface area contributed by atoms with Gasteiger partial charge in [0, 0.05) is 13.0 Å². The first-order valence-corrected chi connectivity index (χ1v) is 7.69. The Morgan fingerprint density at radius 1 is 1.17 bits per heavy atom. The second-order valence-electron chi connectivity index (χ2n) is 5.11. The third kappa shape index (κ3) is 6.18. The molecule has 1 atom stereocenters. The van der Waals surface area contributed by atoms with Crippen molar-refractivity contribution in [2.24, 2.45) is 0 Å². The molecule has 0 aliphatic heterocycles. The fraction of sp³-hybridized carbons (Fsp3) is 0.529. The maximum atomic E-state index is 11.8. The van der Waals surface area contributed by atoms with Gasteiger partial charge in [0.1, 0.15) is 0 Å². The van der Waals surface area contributed by atoms with Crippen molar-refractivity contribution in [3.05, 3.63) is 23.8 Å². The van der Waals surface area contributed by atoms with Crippen molar-refractivity contribution in [1.29, 1.82) is 0 Å². The van der Waals surface area contributed by atoms with Crippen molar-refractivity contribution in [2.45, 2.75) is 39.2 Å². The highest BCUT2D eigenvalue weighted by molar-refractivity contribution is 5.83. The van der Waals surface area contributed by atoms with Gasteiger partial charge in [0.2, 0.25) is 0 Å². The van der Waals surface area contributed by atoms with E-state index in [9.17, 15) is 9.59 Å². The summed E-state index contributed by atoms with van der Waals surface area (Å²) in [6.07, 6.45) is 0.758. The summed E-state index contributed by atoms with van der Waals surface area (Å²) in [4.78, 5) is 23.5. The van der Waals surface area contributed by atoms with Crippen LogP contribution in [0, 0.1) is 0 Å². The van der Waals surface area contributed by atoms with Crippen LogP contribution >= 0.6 is 0 Å². The normalized spacial score (nSPS) is 11.5. The number of aryl methyl sites for hydroxylation is 1. The van der Waals surface area contributed by atoms with Crippen molar-refractivity contribution in [2.75, 3.05) is 20.8 Å². The predicted molar refractivity (Wildman–Crippen MR) is 86.7 cm³/mol. The standard InChI is InChI=1S/C17H25NO5/c1-5-10-18-17(20)12(2)23-16(19)9-7-13-6-8-14(21-3)15(11-13)22-4/h6,8,11-12H,5,7,9-10H2,1-4H3,(H,18,20). The van der Waals surface area contributed by atoms with Gasteiger partial charge in [-0.25, -0.2) is 0 Å². The van der Waals surface area contributed by atoms with Crippen LogP contribution in [0.3, 0.4) is 0 Å². The second-order valence-corrected chi connectivity index (χ2v) is 5.11. The van der Waals surface area contributed by atoms with Gasteiger partial charge in [0.15, 0.2) is 17.6 Å². The Morgan fingerprint density at radius 3 is 2.48 bits per heavy atom. The Morgan fingerprint density at radius 2 is 1.87 bits per heavy atom. The maximum Gasteiger partial charge on any atom is 0.306 e. The van der Waals surface area contributed by atoms with Crippen LogP contribution in [0.2, 0.25) is 0 Å². The Labute approximate surface area is 137 Å². The third-order valence-corrected chi connectivity index (χ3v) is 3.29. The summed E-state index contributed by atoms with van der Waals surface area (Å²) in [5.41, 5.74) is 0.933. The Bertz CT molecular complexity index is 530. The number of carbonyl (C=O) groups excluding carboxylic acids is 2. The van der Waals surface area contributed by atoms with E-state index in [0.717, 1.165) is 12.0 Å². The highest BCUT2D eigenvalue weighted by Crippen LogP contribution is 2.27. The average molecular weight is 323 g/mol. The van der Waals surface area contributed by atoms with Crippen LogP contribution in [0.5, 0.6) is 11.5 Å². The largest absolute Gasteiger partial charge is 0.493 e. The van der Waals surface area contributed by atoms with Crippen LogP contribution in [0.4, 0.5) is 0 Å². The van der Waals surface area contributed by atoms with Crippen LogP contribution in [0.1, 0.15) is 32.3 Å². The second kappa shape index (κ2) is 9.71. The Balaban J connectivity index is 2.48. The summed E-state index contributed by atoms with van der Waals surface area (Å²) >= 11 is 0. The third-order valence-electron chi connectivity index (χ3n) is 3.29. The fourth-order valence-corrected chi connectivity index (χ4v) is 1.98. The molecule has 1 rings (SSSR count). The minimum absolute atomic E-state index is 0.195. The molecule has 23 heavy (non-hydrogen) atoms. The summed E-state index contributed by atoms with van der Waals surface area (Å²) in [7, 11) is 3.13. The highest BCUT2D eigenvalue weighted by Gasteiger charge is 2.17. The summed E-state index contributed by atoms with van der Waals surface area (Å²) < 4.78 is 15.5. The van der Waals surface area contributed by atoms with Gasteiger partial charge >= 0.3 is 5.97 Å². The van der Waals surface area contributed by atoms with E-state index in [1.54, 1.807) is 27.2 Å². The Kier molecular flexibility index (Phi) is 7.94. The molecule has 0 saturated carbocycles. The number of esters is 1. The molecule has 0 radical (unpaired) electrons. The van der Waals surface area contributed by atoms with Gasteiger partial charge in [-0.1, -0.05) is 13.0 Å². The van der Waals surface area contributed by atoms with Gasteiger partial charge in [-0.15, -0.1) is 0 Å². The minimum atomic E-state index is -0.778. The maximum absolute atomic E-state index is 11.8.